The first-order chi connectivity index (χ1) is 12.9. The number of morpholine rings is 1. The largest absolute Gasteiger partial charge is 0.457 e. The summed E-state index contributed by atoms with van der Waals surface area (Å²) < 4.78 is 11.2. The molecule has 7 nitrogen and oxygen atoms in total. The third-order valence-electron chi connectivity index (χ3n) is 3.95. The Morgan fingerprint density at radius 1 is 0.923 bits per heavy atom. The first-order valence-corrected chi connectivity index (χ1v) is 8.49. The lowest BCUT2D eigenvalue weighted by molar-refractivity contribution is 0.122. The van der Waals surface area contributed by atoms with Crippen molar-refractivity contribution in [3.05, 3.63) is 60.8 Å². The van der Waals surface area contributed by atoms with Crippen molar-refractivity contribution in [2.24, 2.45) is 0 Å². The van der Waals surface area contributed by atoms with Crippen LogP contribution in [0.5, 0.6) is 11.5 Å². The van der Waals surface area contributed by atoms with Crippen LogP contribution in [0.3, 0.4) is 0 Å². The molecule has 26 heavy (non-hydrogen) atoms. The number of hydrogen-bond donors (Lipinski definition) is 1. The van der Waals surface area contributed by atoms with Gasteiger partial charge < -0.3 is 19.7 Å². The highest BCUT2D eigenvalue weighted by molar-refractivity contribution is 5.57. The lowest BCUT2D eigenvalue weighted by atomic mass is 10.3. The molecule has 0 bridgehead atoms. The zero-order valence-corrected chi connectivity index (χ0v) is 14.2. The van der Waals surface area contributed by atoms with E-state index in [1.165, 1.54) is 0 Å². The van der Waals surface area contributed by atoms with Gasteiger partial charge in [0, 0.05) is 18.8 Å². The summed E-state index contributed by atoms with van der Waals surface area (Å²) in [5.41, 5.74) is 0.902. The third kappa shape index (κ3) is 4.07. The van der Waals surface area contributed by atoms with Gasteiger partial charge in [0.15, 0.2) is 5.82 Å². The van der Waals surface area contributed by atoms with Crippen molar-refractivity contribution in [3.8, 4) is 11.5 Å². The summed E-state index contributed by atoms with van der Waals surface area (Å²) in [5, 5.41) is 11.4. The van der Waals surface area contributed by atoms with Gasteiger partial charge in [-0.1, -0.05) is 18.2 Å². The second-order valence-corrected chi connectivity index (χ2v) is 5.81. The average Bonchev–Trinajstić information content (AvgIpc) is 2.71. The monoisotopic (exact) mass is 349 g/mol. The molecule has 1 N–H and O–H groups in total. The number of nitrogens with one attached hydrogen (secondary N) is 1. The van der Waals surface area contributed by atoms with Crippen LogP contribution in [0.1, 0.15) is 0 Å². The van der Waals surface area contributed by atoms with Gasteiger partial charge in [-0.05, 0) is 36.4 Å². The molecule has 0 spiro atoms. The first-order valence-electron chi connectivity index (χ1n) is 8.49. The van der Waals surface area contributed by atoms with Crippen LogP contribution in [0.2, 0.25) is 0 Å². The highest BCUT2D eigenvalue weighted by Crippen LogP contribution is 2.24. The Labute approximate surface area is 151 Å². The van der Waals surface area contributed by atoms with E-state index >= 15 is 0 Å². The first kappa shape index (κ1) is 16.3. The van der Waals surface area contributed by atoms with Crippen LogP contribution in [0, 0.1) is 0 Å². The number of benzene rings is 2. The quantitative estimate of drug-likeness (QED) is 0.758. The Bertz CT molecular complexity index is 836. The van der Waals surface area contributed by atoms with E-state index in [9.17, 15) is 0 Å². The maximum absolute atomic E-state index is 5.80. The van der Waals surface area contributed by atoms with Crippen LogP contribution in [0.25, 0.3) is 0 Å². The summed E-state index contributed by atoms with van der Waals surface area (Å²) in [6.07, 6.45) is 1.61. The van der Waals surface area contributed by atoms with Gasteiger partial charge in [-0.25, -0.2) is 0 Å². The van der Waals surface area contributed by atoms with E-state index in [-0.39, 0.29) is 0 Å². The Morgan fingerprint density at radius 3 is 2.42 bits per heavy atom. The maximum atomic E-state index is 5.80. The second-order valence-electron chi connectivity index (χ2n) is 5.81. The SMILES string of the molecule is c1ccc(Oc2ccc(Nc3cnnc(N4CCOCC4)n3)cc2)cc1. The number of para-hydroxylation sites is 1. The molecular weight excluding hydrogens is 330 g/mol. The minimum absolute atomic E-state index is 0.613. The van der Waals surface area contributed by atoms with Gasteiger partial charge >= 0.3 is 0 Å². The fourth-order valence-corrected chi connectivity index (χ4v) is 2.63. The second kappa shape index (κ2) is 7.79. The van der Waals surface area contributed by atoms with E-state index in [1.807, 2.05) is 54.6 Å². The minimum atomic E-state index is 0.613. The van der Waals surface area contributed by atoms with E-state index in [0.29, 0.717) is 25.0 Å². The molecule has 3 aromatic rings. The van der Waals surface area contributed by atoms with E-state index in [1.54, 1.807) is 6.20 Å². The van der Waals surface area contributed by atoms with Gasteiger partial charge in [0.05, 0.1) is 19.4 Å². The van der Waals surface area contributed by atoms with Gasteiger partial charge in [0.25, 0.3) is 0 Å². The summed E-state index contributed by atoms with van der Waals surface area (Å²) >= 11 is 0. The van der Waals surface area contributed by atoms with Crippen LogP contribution in [0.4, 0.5) is 17.5 Å². The Hall–Kier alpha value is -3.19. The molecule has 0 saturated carbocycles. The van der Waals surface area contributed by atoms with E-state index in [2.05, 4.69) is 25.4 Å². The summed E-state index contributed by atoms with van der Waals surface area (Å²) in [6, 6.07) is 17.4. The molecule has 0 aliphatic carbocycles. The van der Waals surface area contributed by atoms with Crippen molar-refractivity contribution in [1.82, 2.24) is 15.2 Å². The lowest BCUT2D eigenvalue weighted by Crippen LogP contribution is -2.37. The zero-order valence-electron chi connectivity index (χ0n) is 14.2. The molecule has 1 aliphatic heterocycles. The van der Waals surface area contributed by atoms with Gasteiger partial charge in [-0.15, -0.1) is 5.10 Å². The number of hydrogen-bond acceptors (Lipinski definition) is 7. The summed E-state index contributed by atoms with van der Waals surface area (Å²) in [5.74, 6) is 2.85. The molecule has 0 atom stereocenters. The number of ether oxygens (including phenoxy) is 2. The molecular formula is C19H19N5O2. The molecule has 1 aromatic heterocycles. The lowest BCUT2D eigenvalue weighted by Gasteiger charge is -2.26. The smallest absolute Gasteiger partial charge is 0.247 e. The Morgan fingerprint density at radius 2 is 1.65 bits per heavy atom. The molecule has 2 aromatic carbocycles. The molecule has 2 heterocycles. The van der Waals surface area contributed by atoms with Crippen molar-refractivity contribution in [1.29, 1.82) is 0 Å². The molecule has 0 amide bonds. The molecule has 7 heteroatoms. The molecule has 1 fully saturated rings. The van der Waals surface area contributed by atoms with E-state index in [0.717, 1.165) is 30.3 Å². The predicted molar refractivity (Wildman–Crippen MR) is 99.1 cm³/mol. The van der Waals surface area contributed by atoms with Gasteiger partial charge in [0.1, 0.15) is 11.5 Å². The van der Waals surface area contributed by atoms with Crippen LogP contribution >= 0.6 is 0 Å². The van der Waals surface area contributed by atoms with Crippen molar-refractivity contribution in [2.75, 3.05) is 36.5 Å². The fourth-order valence-electron chi connectivity index (χ4n) is 2.63. The number of rotatable bonds is 5. The Balaban J connectivity index is 1.42. The normalized spacial score (nSPS) is 14.1. The predicted octanol–water partition coefficient (Wildman–Crippen LogP) is 3.24. The average molecular weight is 349 g/mol. The maximum Gasteiger partial charge on any atom is 0.247 e. The fraction of sp³-hybridized carbons (Fsp3) is 0.211. The minimum Gasteiger partial charge on any atom is -0.457 e. The highest BCUT2D eigenvalue weighted by atomic mass is 16.5. The highest BCUT2D eigenvalue weighted by Gasteiger charge is 2.14. The van der Waals surface area contributed by atoms with Crippen molar-refractivity contribution < 1.29 is 9.47 Å². The van der Waals surface area contributed by atoms with Crippen LogP contribution in [-0.4, -0.2) is 41.5 Å². The molecule has 1 aliphatic rings. The Kier molecular flexibility index (Phi) is 4.88. The summed E-state index contributed by atoms with van der Waals surface area (Å²) in [6.45, 7) is 2.92. The summed E-state index contributed by atoms with van der Waals surface area (Å²) in [7, 11) is 0. The molecule has 0 unspecified atom stereocenters. The number of anilines is 3. The van der Waals surface area contributed by atoms with Crippen molar-refractivity contribution >= 4 is 17.5 Å². The van der Waals surface area contributed by atoms with Crippen LogP contribution < -0.4 is 15.0 Å². The number of nitrogens with zero attached hydrogens (tertiary/aromatic N) is 4. The topological polar surface area (TPSA) is 72.4 Å². The van der Waals surface area contributed by atoms with Gasteiger partial charge in [-0.3, -0.25) is 0 Å². The van der Waals surface area contributed by atoms with Crippen LogP contribution in [-0.2, 0) is 4.74 Å². The molecule has 132 valence electrons. The molecule has 0 radical (unpaired) electrons. The molecule has 1 saturated heterocycles. The van der Waals surface area contributed by atoms with Gasteiger partial charge in [-0.2, -0.15) is 10.1 Å². The van der Waals surface area contributed by atoms with Gasteiger partial charge in [0.2, 0.25) is 5.95 Å². The molecule has 4 rings (SSSR count). The van der Waals surface area contributed by atoms with Crippen molar-refractivity contribution in [2.45, 2.75) is 0 Å². The van der Waals surface area contributed by atoms with Crippen LogP contribution in [0.15, 0.2) is 60.8 Å². The van der Waals surface area contributed by atoms with Crippen molar-refractivity contribution in [3.63, 3.8) is 0 Å². The number of aromatic nitrogens is 3. The third-order valence-corrected chi connectivity index (χ3v) is 3.95. The summed E-state index contributed by atoms with van der Waals surface area (Å²) in [4.78, 5) is 6.60. The standard InChI is InChI=1S/C19H19N5O2/c1-2-4-16(5-3-1)26-17-8-6-15(7-9-17)21-18-14-20-23-19(22-18)24-10-12-25-13-11-24/h1-9,14H,10-13H2,(H,21,22,23). The van der Waals surface area contributed by atoms with E-state index < -0.39 is 0 Å². The zero-order chi connectivity index (χ0) is 17.6. The van der Waals surface area contributed by atoms with E-state index in [4.69, 9.17) is 9.47 Å².